The first kappa shape index (κ1) is 16.8. The van der Waals surface area contributed by atoms with Crippen LogP contribution in [0.2, 0.25) is 0 Å². The lowest BCUT2D eigenvalue weighted by Gasteiger charge is -2.14. The van der Waals surface area contributed by atoms with Crippen LogP contribution in [0.25, 0.3) is 0 Å². The van der Waals surface area contributed by atoms with E-state index in [1.54, 1.807) is 6.92 Å². The van der Waals surface area contributed by atoms with Crippen LogP contribution in [0.1, 0.15) is 6.92 Å². The van der Waals surface area contributed by atoms with E-state index >= 15 is 0 Å². The van der Waals surface area contributed by atoms with Crippen LogP contribution in [-0.4, -0.2) is 44.3 Å². The molecule has 0 aliphatic heterocycles. The molecule has 6 nitrogen and oxygen atoms in total. The highest BCUT2D eigenvalue weighted by Gasteiger charge is 2.27. The smallest absolute Gasteiger partial charge is 0.316 e. The van der Waals surface area contributed by atoms with E-state index in [1.807, 2.05) is 0 Å². The molecule has 0 aromatic heterocycles. The van der Waals surface area contributed by atoms with Crippen molar-refractivity contribution in [1.82, 2.24) is 0 Å². The van der Waals surface area contributed by atoms with Crippen molar-refractivity contribution in [2.75, 3.05) is 32.3 Å². The van der Waals surface area contributed by atoms with Crippen molar-refractivity contribution in [3.05, 3.63) is 0 Å². The average molecular weight is 302 g/mol. The summed E-state index contributed by atoms with van der Waals surface area (Å²) in [5.74, 6) is -4.27. The Balaban J connectivity index is 4.29. The van der Waals surface area contributed by atoms with Gasteiger partial charge in [-0.2, -0.15) is 0 Å². The summed E-state index contributed by atoms with van der Waals surface area (Å²) >= 11 is 1.70. The van der Waals surface area contributed by atoms with Crippen LogP contribution >= 0.6 is 28.5 Å². The summed E-state index contributed by atoms with van der Waals surface area (Å²) in [5.41, 5.74) is 0. The Hall–Kier alpha value is -0.170. The number of esters is 2. The summed E-state index contributed by atoms with van der Waals surface area (Å²) in [6.45, 7) is 1.92. The van der Waals surface area contributed by atoms with Crippen LogP contribution in [-0.2, 0) is 28.2 Å². The molecule has 0 aliphatic rings. The maximum atomic E-state index is 12.1. The van der Waals surface area contributed by atoms with Gasteiger partial charge in [-0.1, -0.05) is 0 Å². The third-order valence-corrected chi connectivity index (χ3v) is 8.56. The van der Waals surface area contributed by atoms with Crippen LogP contribution in [0.5, 0.6) is 0 Å². The Morgan fingerprint density at radius 2 is 1.47 bits per heavy atom. The lowest BCUT2D eigenvalue weighted by molar-refractivity contribution is -0.138. The first-order valence-electron chi connectivity index (χ1n) is 4.64. The first-order valence-corrected chi connectivity index (χ1v) is 9.45. The Labute approximate surface area is 108 Å². The average Bonchev–Trinajstić information content (AvgIpc) is 2.33. The highest BCUT2D eigenvalue weighted by atomic mass is 33.1. The highest BCUT2D eigenvalue weighted by Crippen LogP contribution is 2.69. The third kappa shape index (κ3) is 7.70. The van der Waals surface area contributed by atoms with Crippen molar-refractivity contribution in [3.8, 4) is 0 Å². The number of rotatable bonds is 8. The molecule has 17 heavy (non-hydrogen) atoms. The van der Waals surface area contributed by atoms with E-state index in [-0.39, 0.29) is 18.1 Å². The number of ether oxygens (including phenoxy) is 2. The van der Waals surface area contributed by atoms with Gasteiger partial charge < -0.3 is 14.0 Å². The van der Waals surface area contributed by atoms with Crippen LogP contribution in [0.15, 0.2) is 0 Å². The van der Waals surface area contributed by atoms with Crippen molar-refractivity contribution >= 4 is 40.5 Å². The van der Waals surface area contributed by atoms with Gasteiger partial charge in [0.1, 0.15) is 11.5 Å². The molecule has 0 fully saturated rings. The normalized spacial score (nSPS) is 11.0. The van der Waals surface area contributed by atoms with Gasteiger partial charge >= 0.3 is 17.7 Å². The zero-order chi connectivity index (χ0) is 13.3. The second-order valence-electron chi connectivity index (χ2n) is 2.56. The van der Waals surface area contributed by atoms with Crippen molar-refractivity contribution in [2.45, 2.75) is 6.92 Å². The minimum absolute atomic E-state index is 0.0814. The van der Waals surface area contributed by atoms with Crippen molar-refractivity contribution in [1.29, 1.82) is 0 Å². The van der Waals surface area contributed by atoms with Gasteiger partial charge in [-0.15, -0.1) is 0 Å². The van der Waals surface area contributed by atoms with E-state index in [1.165, 1.54) is 14.2 Å². The molecule has 0 aromatic rings. The van der Waals surface area contributed by atoms with E-state index in [9.17, 15) is 14.2 Å². The number of carbonyl (C=O) groups excluding carboxylic acids is 2. The summed E-state index contributed by atoms with van der Waals surface area (Å²) in [7, 11) is 2.49. The Kier molecular flexibility index (Phi) is 8.77. The maximum absolute atomic E-state index is 12.1. The van der Waals surface area contributed by atoms with Gasteiger partial charge in [-0.3, -0.25) is 14.2 Å². The number of methoxy groups -OCH3 is 2. The van der Waals surface area contributed by atoms with E-state index in [4.69, 9.17) is 4.52 Å². The van der Waals surface area contributed by atoms with Gasteiger partial charge in [0.05, 0.1) is 20.8 Å². The molecule has 0 amide bonds. The van der Waals surface area contributed by atoms with Gasteiger partial charge in [-0.25, -0.2) is 0 Å². The largest absolute Gasteiger partial charge is 0.468 e. The Morgan fingerprint density at radius 1 is 1.06 bits per heavy atom. The van der Waals surface area contributed by atoms with E-state index < -0.39 is 17.7 Å². The molecule has 0 spiro atoms. The second-order valence-corrected chi connectivity index (χ2v) is 9.94. The van der Waals surface area contributed by atoms with E-state index in [2.05, 4.69) is 9.47 Å². The van der Waals surface area contributed by atoms with Crippen LogP contribution in [0.4, 0.5) is 0 Å². The molecule has 9 heteroatoms. The number of carbonyl (C=O) groups is 2. The molecule has 0 aromatic carbocycles. The lowest BCUT2D eigenvalue weighted by atomic mass is 10.8. The molecule has 100 valence electrons. The maximum Gasteiger partial charge on any atom is 0.316 e. The number of hydrogen-bond donors (Lipinski definition) is 0. The fourth-order valence-corrected chi connectivity index (χ4v) is 6.46. The fraction of sp³-hybridized carbons (Fsp3) is 0.750. The Bertz CT molecular complexity index is 284. The SMILES string of the molecule is CCOP(=O)(SCC(=O)OC)SCC(=O)OC. The summed E-state index contributed by atoms with van der Waals surface area (Å²) in [6, 6.07) is 0. The molecule has 0 unspecified atom stereocenters. The molecular weight excluding hydrogens is 287 g/mol. The molecule has 0 rings (SSSR count). The molecule has 0 heterocycles. The number of hydrogen-bond acceptors (Lipinski definition) is 8. The summed E-state index contributed by atoms with van der Waals surface area (Å²) in [4.78, 5) is 21.9. The monoisotopic (exact) mass is 302 g/mol. The third-order valence-electron chi connectivity index (χ3n) is 1.42. The van der Waals surface area contributed by atoms with Crippen LogP contribution < -0.4 is 0 Å². The minimum atomic E-state index is -3.12. The fourth-order valence-electron chi connectivity index (χ4n) is 0.651. The zero-order valence-electron chi connectivity index (χ0n) is 9.83. The predicted octanol–water partition coefficient (Wildman–Crippen LogP) is 1.94. The van der Waals surface area contributed by atoms with Crippen LogP contribution in [0, 0.1) is 0 Å². The van der Waals surface area contributed by atoms with Gasteiger partial charge in [0.25, 0.3) is 0 Å². The van der Waals surface area contributed by atoms with Crippen molar-refractivity contribution in [2.24, 2.45) is 0 Å². The Morgan fingerprint density at radius 3 is 1.76 bits per heavy atom. The highest BCUT2D eigenvalue weighted by molar-refractivity contribution is 8.89. The zero-order valence-corrected chi connectivity index (χ0v) is 12.4. The topological polar surface area (TPSA) is 78.9 Å². The molecule has 0 radical (unpaired) electrons. The molecule has 0 bridgehead atoms. The minimum Gasteiger partial charge on any atom is -0.468 e. The van der Waals surface area contributed by atoms with Gasteiger partial charge in [0.15, 0.2) is 0 Å². The summed E-state index contributed by atoms with van der Waals surface area (Å²) < 4.78 is 26.1. The molecule has 0 saturated carbocycles. The van der Waals surface area contributed by atoms with Crippen LogP contribution in [0.3, 0.4) is 0 Å². The standard InChI is InChI=1S/C8H15O6PS2/c1-4-14-15(11,16-5-7(9)12-2)17-6-8(10)13-3/h4-6H2,1-3H3. The predicted molar refractivity (Wildman–Crippen MR) is 68.2 cm³/mol. The molecular formula is C8H15O6PS2. The van der Waals surface area contributed by atoms with Crippen molar-refractivity contribution in [3.63, 3.8) is 0 Å². The molecule has 0 atom stereocenters. The lowest BCUT2D eigenvalue weighted by Crippen LogP contribution is -2.05. The van der Waals surface area contributed by atoms with Gasteiger partial charge in [-0.05, 0) is 29.7 Å². The molecule has 0 saturated heterocycles. The van der Waals surface area contributed by atoms with Gasteiger partial charge in [0.2, 0.25) is 0 Å². The quantitative estimate of drug-likeness (QED) is 0.497. The van der Waals surface area contributed by atoms with E-state index in [0.717, 1.165) is 22.8 Å². The summed E-state index contributed by atoms with van der Waals surface area (Å²) in [6.07, 6.45) is 0. The second kappa shape index (κ2) is 8.85. The van der Waals surface area contributed by atoms with Crippen molar-refractivity contribution < 1.29 is 28.2 Å². The van der Waals surface area contributed by atoms with E-state index in [0.29, 0.717) is 0 Å². The molecule has 0 aliphatic carbocycles. The van der Waals surface area contributed by atoms with Gasteiger partial charge in [0, 0.05) is 0 Å². The summed E-state index contributed by atoms with van der Waals surface area (Å²) in [5, 5.41) is 0. The first-order chi connectivity index (χ1) is 7.97. The molecule has 0 N–H and O–H groups in total.